The van der Waals surface area contributed by atoms with Crippen LogP contribution in [0.1, 0.15) is 25.8 Å². The molecule has 2 heterocycles. The molecule has 0 saturated carbocycles. The van der Waals surface area contributed by atoms with Gasteiger partial charge in [-0.3, -0.25) is 10.0 Å². The molecule has 1 aromatic rings. The first-order chi connectivity index (χ1) is 11.6. The lowest BCUT2D eigenvalue weighted by Gasteiger charge is -2.40. The number of hydrogen-bond donors (Lipinski definition) is 1. The van der Waals surface area contributed by atoms with Gasteiger partial charge in [-0.1, -0.05) is 31.2 Å². The second-order valence-electron chi connectivity index (χ2n) is 6.28. The zero-order chi connectivity index (χ0) is 17.1. The average Bonchev–Trinajstić information content (AvgIpc) is 2.63. The molecule has 1 amide bonds. The molecule has 0 radical (unpaired) electrons. The van der Waals surface area contributed by atoms with E-state index in [0.29, 0.717) is 0 Å². The Morgan fingerprint density at radius 2 is 1.96 bits per heavy atom. The number of piperazine rings is 1. The molecule has 2 aliphatic heterocycles. The summed E-state index contributed by atoms with van der Waals surface area (Å²) >= 11 is 0. The van der Waals surface area contributed by atoms with Crippen LogP contribution >= 0.6 is 0 Å². The highest BCUT2D eigenvalue weighted by Gasteiger charge is 2.28. The number of carbonyl (C=O) groups is 1. The van der Waals surface area contributed by atoms with Gasteiger partial charge >= 0.3 is 0 Å². The van der Waals surface area contributed by atoms with Gasteiger partial charge in [0.1, 0.15) is 0 Å². The summed E-state index contributed by atoms with van der Waals surface area (Å²) in [6.45, 7) is 7.08. The van der Waals surface area contributed by atoms with Crippen LogP contribution in [0.15, 0.2) is 42.5 Å². The lowest BCUT2D eigenvalue weighted by molar-refractivity contribution is -0.127. The average molecular weight is 327 g/mol. The van der Waals surface area contributed by atoms with Gasteiger partial charge in [-0.05, 0) is 31.6 Å². The molecule has 1 fully saturated rings. The number of rotatable bonds is 3. The lowest BCUT2D eigenvalue weighted by atomic mass is 10.0. The zero-order valence-corrected chi connectivity index (χ0v) is 14.4. The van der Waals surface area contributed by atoms with Crippen LogP contribution in [-0.4, -0.2) is 53.1 Å². The molecule has 1 atom stereocenters. The van der Waals surface area contributed by atoms with Crippen LogP contribution in [0.25, 0.3) is 5.70 Å². The number of para-hydroxylation sites is 1. The predicted octanol–water partition coefficient (Wildman–Crippen LogP) is 2.74. The molecule has 0 spiro atoms. The number of amides is 1. The normalized spacial score (nSPS) is 21.0. The van der Waals surface area contributed by atoms with E-state index in [9.17, 15) is 10.0 Å². The van der Waals surface area contributed by atoms with Crippen LogP contribution in [0.2, 0.25) is 0 Å². The van der Waals surface area contributed by atoms with Crippen molar-refractivity contribution in [3.8, 4) is 0 Å². The van der Waals surface area contributed by atoms with Crippen LogP contribution in [0.5, 0.6) is 0 Å². The van der Waals surface area contributed by atoms with Gasteiger partial charge in [0, 0.05) is 37.4 Å². The van der Waals surface area contributed by atoms with E-state index < -0.39 is 0 Å². The number of hydroxylamine groups is 1. The monoisotopic (exact) mass is 327 g/mol. The minimum absolute atomic E-state index is 0.0675. The summed E-state index contributed by atoms with van der Waals surface area (Å²) in [5.74, 6) is 0.101. The molecule has 5 heteroatoms. The number of fused-ring (bicyclic) bond motifs is 1. The molecule has 128 valence electrons. The summed E-state index contributed by atoms with van der Waals surface area (Å²) in [6.07, 6.45) is 6.56. The van der Waals surface area contributed by atoms with Gasteiger partial charge in [-0.15, -0.1) is 0 Å². The van der Waals surface area contributed by atoms with Gasteiger partial charge in [0.15, 0.2) is 0 Å². The number of nitrogens with zero attached hydrogens (tertiary/aromatic N) is 3. The largest absolute Gasteiger partial charge is 0.368 e. The topological polar surface area (TPSA) is 47.0 Å². The Morgan fingerprint density at radius 3 is 2.67 bits per heavy atom. The van der Waals surface area contributed by atoms with Crippen molar-refractivity contribution in [3.63, 3.8) is 0 Å². The molecular weight excluding hydrogens is 302 g/mol. The Labute approximate surface area is 143 Å². The maximum absolute atomic E-state index is 12.1. The third-order valence-electron chi connectivity index (χ3n) is 4.64. The number of anilines is 1. The summed E-state index contributed by atoms with van der Waals surface area (Å²) in [7, 11) is 0. The van der Waals surface area contributed by atoms with Crippen molar-refractivity contribution < 1.29 is 10.0 Å². The van der Waals surface area contributed by atoms with Gasteiger partial charge in [-0.2, -0.15) is 0 Å². The molecule has 24 heavy (non-hydrogen) atoms. The highest BCUT2D eigenvalue weighted by Crippen LogP contribution is 2.35. The Morgan fingerprint density at radius 1 is 1.25 bits per heavy atom. The van der Waals surface area contributed by atoms with Gasteiger partial charge in [-0.25, -0.2) is 5.06 Å². The van der Waals surface area contributed by atoms with E-state index in [-0.39, 0.29) is 11.9 Å². The molecule has 1 unspecified atom stereocenters. The number of benzene rings is 1. The number of carbonyl (C=O) groups excluding carboxylic acids is 1. The molecule has 1 aromatic carbocycles. The molecule has 0 bridgehead atoms. The molecule has 1 saturated heterocycles. The van der Waals surface area contributed by atoms with E-state index >= 15 is 0 Å². The van der Waals surface area contributed by atoms with E-state index in [2.05, 4.69) is 11.0 Å². The van der Waals surface area contributed by atoms with Crippen molar-refractivity contribution in [2.24, 2.45) is 0 Å². The first-order valence-corrected chi connectivity index (χ1v) is 8.61. The Bertz CT molecular complexity index is 660. The summed E-state index contributed by atoms with van der Waals surface area (Å²) < 4.78 is 0. The molecular formula is C19H25N3O2. The van der Waals surface area contributed by atoms with Crippen molar-refractivity contribution in [1.82, 2.24) is 9.80 Å². The summed E-state index contributed by atoms with van der Waals surface area (Å²) in [6, 6.07) is 7.84. The van der Waals surface area contributed by atoms with E-state index in [1.165, 1.54) is 5.06 Å². The van der Waals surface area contributed by atoms with E-state index in [1.807, 2.05) is 49.1 Å². The Kier molecular flexibility index (Phi) is 4.90. The van der Waals surface area contributed by atoms with E-state index in [0.717, 1.165) is 49.5 Å². The standard InChI is InChI=1S/C19H25N3O2/c1-3-4-9-19(23)21-12-10-20(11-13-21)18-14-15(2)22(24)17-8-6-5-7-16(17)18/h4-9,14-15,24H,3,10-13H2,1-2H3/b9-4+. The molecule has 5 nitrogen and oxygen atoms in total. The zero-order valence-electron chi connectivity index (χ0n) is 14.4. The molecule has 0 aliphatic carbocycles. The third-order valence-corrected chi connectivity index (χ3v) is 4.64. The molecule has 1 N–H and O–H groups in total. The van der Waals surface area contributed by atoms with Crippen LogP contribution in [0.3, 0.4) is 0 Å². The SMILES string of the molecule is CC/C=C/C(=O)N1CCN(C2=CC(C)N(O)c3ccccc32)CC1. The van der Waals surface area contributed by atoms with Crippen molar-refractivity contribution in [3.05, 3.63) is 48.1 Å². The highest BCUT2D eigenvalue weighted by molar-refractivity contribution is 5.87. The third kappa shape index (κ3) is 3.17. The number of allylic oxidation sites excluding steroid dienone is 1. The van der Waals surface area contributed by atoms with Crippen LogP contribution < -0.4 is 5.06 Å². The second-order valence-corrected chi connectivity index (χ2v) is 6.28. The molecule has 2 aliphatic rings. The van der Waals surface area contributed by atoms with Crippen molar-refractivity contribution in [2.45, 2.75) is 26.3 Å². The van der Waals surface area contributed by atoms with Crippen molar-refractivity contribution in [1.29, 1.82) is 0 Å². The summed E-state index contributed by atoms with van der Waals surface area (Å²) in [5, 5.41) is 11.6. The summed E-state index contributed by atoms with van der Waals surface area (Å²) in [4.78, 5) is 16.3. The van der Waals surface area contributed by atoms with Gasteiger partial charge < -0.3 is 9.80 Å². The quantitative estimate of drug-likeness (QED) is 0.867. The first-order valence-electron chi connectivity index (χ1n) is 8.61. The Hall–Kier alpha value is -2.27. The lowest BCUT2D eigenvalue weighted by Crippen LogP contribution is -2.48. The van der Waals surface area contributed by atoms with Gasteiger partial charge in [0.25, 0.3) is 0 Å². The van der Waals surface area contributed by atoms with Crippen LogP contribution in [0.4, 0.5) is 5.69 Å². The van der Waals surface area contributed by atoms with Crippen LogP contribution in [0, 0.1) is 0 Å². The summed E-state index contributed by atoms with van der Waals surface area (Å²) in [5.41, 5.74) is 3.04. The maximum Gasteiger partial charge on any atom is 0.246 e. The predicted molar refractivity (Wildman–Crippen MR) is 95.7 cm³/mol. The van der Waals surface area contributed by atoms with Gasteiger partial charge in [0.05, 0.1) is 11.7 Å². The number of hydrogen-bond acceptors (Lipinski definition) is 4. The highest BCUT2D eigenvalue weighted by atomic mass is 16.5. The molecule has 3 rings (SSSR count). The van der Waals surface area contributed by atoms with Gasteiger partial charge in [0.2, 0.25) is 5.91 Å². The second kappa shape index (κ2) is 7.09. The van der Waals surface area contributed by atoms with Crippen molar-refractivity contribution >= 4 is 17.3 Å². The maximum atomic E-state index is 12.1. The van der Waals surface area contributed by atoms with E-state index in [4.69, 9.17) is 0 Å². The van der Waals surface area contributed by atoms with E-state index in [1.54, 1.807) is 6.08 Å². The fraction of sp³-hybridized carbons (Fsp3) is 0.421. The fourth-order valence-corrected chi connectivity index (χ4v) is 3.27. The van der Waals surface area contributed by atoms with Crippen LogP contribution in [-0.2, 0) is 4.79 Å². The smallest absolute Gasteiger partial charge is 0.246 e. The molecule has 0 aromatic heterocycles. The Balaban J connectivity index is 1.74. The minimum atomic E-state index is -0.0675. The fourth-order valence-electron chi connectivity index (χ4n) is 3.27. The first kappa shape index (κ1) is 16.6. The minimum Gasteiger partial charge on any atom is -0.368 e. The van der Waals surface area contributed by atoms with Crippen molar-refractivity contribution in [2.75, 3.05) is 31.2 Å².